The predicted octanol–water partition coefficient (Wildman–Crippen LogP) is 1.95. The first-order valence-corrected chi connectivity index (χ1v) is 5.59. The Hall–Kier alpha value is -2.43. The Morgan fingerprint density at radius 2 is 1.83 bits per heavy atom. The molecule has 0 saturated carbocycles. The van der Waals surface area contributed by atoms with Crippen LogP contribution in [0.25, 0.3) is 11.4 Å². The fraction of sp³-hybridized carbons (Fsp3) is 0.154. The lowest BCUT2D eigenvalue weighted by Crippen LogP contribution is -2.23. The van der Waals surface area contributed by atoms with Gasteiger partial charge in [-0.2, -0.15) is 0 Å². The number of nitrogens with one attached hydrogen (secondary N) is 1. The quantitative estimate of drug-likeness (QED) is 0.860. The first-order valence-electron chi connectivity index (χ1n) is 5.59. The topological polar surface area (TPSA) is 75.1 Å². The Kier molecular flexibility index (Phi) is 3.86. The van der Waals surface area contributed by atoms with E-state index in [0.717, 1.165) is 11.1 Å². The Morgan fingerprint density at radius 3 is 2.44 bits per heavy atom. The standard InChI is InChI=1S/C13H13N3O2/c17-13(18)14-7-6-10-8-15-12(16-9-10)11-4-2-1-3-5-11/h1-5,8-9,14H,6-7H2,(H,17,18). The average Bonchev–Trinajstić information content (AvgIpc) is 2.40. The number of hydrogen-bond donors (Lipinski definition) is 2. The van der Waals surface area contributed by atoms with Crippen molar-refractivity contribution < 1.29 is 9.90 Å². The number of amides is 1. The minimum absolute atomic E-state index is 0.364. The fourth-order valence-electron chi connectivity index (χ4n) is 1.53. The van der Waals surface area contributed by atoms with Crippen molar-refractivity contribution in [3.8, 4) is 11.4 Å². The largest absolute Gasteiger partial charge is 0.465 e. The van der Waals surface area contributed by atoms with Gasteiger partial charge in [0.15, 0.2) is 5.82 Å². The van der Waals surface area contributed by atoms with Crippen molar-refractivity contribution in [3.05, 3.63) is 48.3 Å². The third kappa shape index (κ3) is 3.28. The van der Waals surface area contributed by atoms with Crippen molar-refractivity contribution in [1.82, 2.24) is 15.3 Å². The Morgan fingerprint density at radius 1 is 1.17 bits per heavy atom. The van der Waals surface area contributed by atoms with E-state index in [9.17, 15) is 4.79 Å². The van der Waals surface area contributed by atoms with Crippen LogP contribution < -0.4 is 5.32 Å². The first kappa shape index (κ1) is 12.0. The Bertz CT molecular complexity index is 512. The molecule has 0 aliphatic rings. The van der Waals surface area contributed by atoms with Crippen LogP contribution in [0.2, 0.25) is 0 Å². The molecule has 2 rings (SSSR count). The second-order valence-corrected chi connectivity index (χ2v) is 3.76. The summed E-state index contributed by atoms with van der Waals surface area (Å²) >= 11 is 0. The molecule has 0 spiro atoms. The molecule has 0 unspecified atom stereocenters. The summed E-state index contributed by atoms with van der Waals surface area (Å²) in [4.78, 5) is 18.8. The lowest BCUT2D eigenvalue weighted by Gasteiger charge is -2.03. The highest BCUT2D eigenvalue weighted by Gasteiger charge is 2.01. The van der Waals surface area contributed by atoms with E-state index in [2.05, 4.69) is 15.3 Å². The van der Waals surface area contributed by atoms with Crippen LogP contribution in [0.3, 0.4) is 0 Å². The lowest BCUT2D eigenvalue weighted by atomic mass is 10.2. The molecule has 0 radical (unpaired) electrons. The van der Waals surface area contributed by atoms with Crippen LogP contribution >= 0.6 is 0 Å². The molecule has 5 heteroatoms. The summed E-state index contributed by atoms with van der Waals surface area (Å²) in [6.45, 7) is 0.364. The summed E-state index contributed by atoms with van der Waals surface area (Å²) in [5.41, 5.74) is 1.87. The number of benzene rings is 1. The summed E-state index contributed by atoms with van der Waals surface area (Å²) < 4.78 is 0. The Labute approximate surface area is 105 Å². The van der Waals surface area contributed by atoms with Crippen molar-refractivity contribution >= 4 is 6.09 Å². The van der Waals surface area contributed by atoms with E-state index in [4.69, 9.17) is 5.11 Å². The summed E-state index contributed by atoms with van der Waals surface area (Å²) in [6.07, 6.45) is 3.01. The monoisotopic (exact) mass is 243 g/mol. The third-order valence-electron chi connectivity index (χ3n) is 2.43. The molecule has 1 heterocycles. The SMILES string of the molecule is O=C(O)NCCc1cnc(-c2ccccc2)nc1. The second-order valence-electron chi connectivity index (χ2n) is 3.76. The first-order chi connectivity index (χ1) is 8.75. The number of carboxylic acid groups (broad SMARTS) is 1. The van der Waals surface area contributed by atoms with Gasteiger partial charge in [0.25, 0.3) is 0 Å². The number of rotatable bonds is 4. The minimum Gasteiger partial charge on any atom is -0.465 e. The number of nitrogens with zero attached hydrogens (tertiary/aromatic N) is 2. The van der Waals surface area contributed by atoms with Gasteiger partial charge in [-0.05, 0) is 12.0 Å². The van der Waals surface area contributed by atoms with Crippen LogP contribution in [0.5, 0.6) is 0 Å². The van der Waals surface area contributed by atoms with Crippen LogP contribution in [-0.4, -0.2) is 27.7 Å². The second kappa shape index (κ2) is 5.77. The normalized spacial score (nSPS) is 10.0. The number of carbonyl (C=O) groups is 1. The fourth-order valence-corrected chi connectivity index (χ4v) is 1.53. The van der Waals surface area contributed by atoms with Crippen LogP contribution in [0, 0.1) is 0 Å². The number of aromatic nitrogens is 2. The van der Waals surface area contributed by atoms with Crippen molar-refractivity contribution in [2.24, 2.45) is 0 Å². The van der Waals surface area contributed by atoms with Gasteiger partial charge in [0.05, 0.1) is 0 Å². The summed E-state index contributed by atoms with van der Waals surface area (Å²) in [6, 6.07) is 9.70. The van der Waals surface area contributed by atoms with Gasteiger partial charge in [0, 0.05) is 24.5 Å². The minimum atomic E-state index is -1.02. The molecule has 0 aliphatic heterocycles. The predicted molar refractivity (Wildman–Crippen MR) is 67.2 cm³/mol. The van der Waals surface area contributed by atoms with E-state index < -0.39 is 6.09 Å². The van der Waals surface area contributed by atoms with Gasteiger partial charge in [0.1, 0.15) is 0 Å². The molecule has 92 valence electrons. The molecular weight excluding hydrogens is 230 g/mol. The van der Waals surface area contributed by atoms with Crippen molar-refractivity contribution in [1.29, 1.82) is 0 Å². The lowest BCUT2D eigenvalue weighted by molar-refractivity contribution is 0.194. The smallest absolute Gasteiger partial charge is 0.404 e. The van der Waals surface area contributed by atoms with E-state index in [1.807, 2.05) is 30.3 Å². The zero-order valence-electron chi connectivity index (χ0n) is 9.71. The van der Waals surface area contributed by atoms with Crippen LogP contribution in [-0.2, 0) is 6.42 Å². The molecule has 1 aromatic carbocycles. The van der Waals surface area contributed by atoms with E-state index in [1.54, 1.807) is 12.4 Å². The van der Waals surface area contributed by atoms with E-state index in [-0.39, 0.29) is 0 Å². The maximum absolute atomic E-state index is 10.3. The molecule has 1 aromatic heterocycles. The maximum atomic E-state index is 10.3. The van der Waals surface area contributed by atoms with Crippen molar-refractivity contribution in [2.45, 2.75) is 6.42 Å². The van der Waals surface area contributed by atoms with Gasteiger partial charge in [-0.25, -0.2) is 14.8 Å². The highest BCUT2D eigenvalue weighted by molar-refractivity contribution is 5.64. The van der Waals surface area contributed by atoms with Gasteiger partial charge < -0.3 is 10.4 Å². The van der Waals surface area contributed by atoms with Gasteiger partial charge in [0.2, 0.25) is 0 Å². The summed E-state index contributed by atoms with van der Waals surface area (Å²) in [5.74, 6) is 0.672. The molecule has 5 nitrogen and oxygen atoms in total. The molecule has 18 heavy (non-hydrogen) atoms. The molecule has 0 fully saturated rings. The molecule has 0 bridgehead atoms. The van der Waals surface area contributed by atoms with Gasteiger partial charge in [-0.3, -0.25) is 0 Å². The van der Waals surface area contributed by atoms with Gasteiger partial charge in [-0.15, -0.1) is 0 Å². The van der Waals surface area contributed by atoms with Gasteiger partial charge in [-0.1, -0.05) is 30.3 Å². The van der Waals surface area contributed by atoms with Crippen LogP contribution in [0.4, 0.5) is 4.79 Å². The highest BCUT2D eigenvalue weighted by atomic mass is 16.4. The molecule has 0 aliphatic carbocycles. The van der Waals surface area contributed by atoms with Crippen LogP contribution in [0.1, 0.15) is 5.56 Å². The van der Waals surface area contributed by atoms with E-state index >= 15 is 0 Å². The van der Waals surface area contributed by atoms with Crippen molar-refractivity contribution in [2.75, 3.05) is 6.54 Å². The van der Waals surface area contributed by atoms with Crippen molar-refractivity contribution in [3.63, 3.8) is 0 Å². The zero-order valence-corrected chi connectivity index (χ0v) is 9.71. The maximum Gasteiger partial charge on any atom is 0.404 e. The molecule has 2 N–H and O–H groups in total. The molecular formula is C13H13N3O2. The molecule has 1 amide bonds. The van der Waals surface area contributed by atoms with E-state index in [0.29, 0.717) is 18.8 Å². The molecule has 2 aromatic rings. The molecule has 0 atom stereocenters. The average molecular weight is 243 g/mol. The summed E-state index contributed by atoms with van der Waals surface area (Å²) in [5, 5.41) is 10.7. The van der Waals surface area contributed by atoms with Gasteiger partial charge >= 0.3 is 6.09 Å². The zero-order chi connectivity index (χ0) is 12.8. The number of hydrogen-bond acceptors (Lipinski definition) is 3. The highest BCUT2D eigenvalue weighted by Crippen LogP contribution is 2.13. The van der Waals surface area contributed by atoms with E-state index in [1.165, 1.54) is 0 Å². The molecule has 0 saturated heterocycles. The van der Waals surface area contributed by atoms with Crippen LogP contribution in [0.15, 0.2) is 42.7 Å². The third-order valence-corrected chi connectivity index (χ3v) is 2.43. The summed E-state index contributed by atoms with van der Waals surface area (Å²) in [7, 11) is 0. The Balaban J connectivity index is 2.00.